The number of rotatable bonds is 5. The van der Waals surface area contributed by atoms with Crippen LogP contribution in [0.4, 0.5) is 14.5 Å². The van der Waals surface area contributed by atoms with Crippen molar-refractivity contribution >= 4 is 27.3 Å². The first-order valence-corrected chi connectivity index (χ1v) is 9.32. The van der Waals surface area contributed by atoms with Crippen molar-refractivity contribution in [3.05, 3.63) is 29.8 Å². The maximum atomic E-state index is 13.6. The van der Waals surface area contributed by atoms with Crippen molar-refractivity contribution in [3.63, 3.8) is 0 Å². The smallest absolute Gasteiger partial charge is 0.314 e. The second kappa shape index (κ2) is 7.87. The Kier molecular flexibility index (Phi) is 6.07. The normalized spacial score (nSPS) is 18.8. The quantitative estimate of drug-likeness (QED) is 0.759. The van der Waals surface area contributed by atoms with Gasteiger partial charge in [0.1, 0.15) is 17.3 Å². The summed E-state index contributed by atoms with van der Waals surface area (Å²) in [5.41, 5.74) is -0.730. The molecule has 2 amide bonds. The number of para-hydroxylation sites is 1. The molecular weight excluding hydrogens is 358 g/mol. The Morgan fingerprint density at radius 3 is 2.48 bits per heavy atom. The number of ether oxygens (including phenoxy) is 1. The maximum Gasteiger partial charge on any atom is 0.314 e. The Labute approximate surface area is 143 Å². The van der Waals surface area contributed by atoms with Gasteiger partial charge in [-0.25, -0.2) is 17.2 Å². The molecule has 1 atom stereocenters. The first-order chi connectivity index (χ1) is 11.7. The number of hydrogen-bond donors (Lipinski definition) is 1. The van der Waals surface area contributed by atoms with Crippen LogP contribution in [0.25, 0.3) is 0 Å². The number of carbonyl (C=O) groups is 2. The monoisotopic (exact) mass is 376 g/mol. The molecule has 2 rings (SSSR count). The number of nitrogens with zero attached hydrogens (tertiary/aromatic N) is 1. The summed E-state index contributed by atoms with van der Waals surface area (Å²) in [4.78, 5) is 25.6. The fourth-order valence-electron chi connectivity index (χ4n) is 2.58. The second-order valence-electron chi connectivity index (χ2n) is 5.60. The largest absolute Gasteiger partial charge is 0.383 e. The lowest BCUT2D eigenvalue weighted by atomic mass is 10.2. The molecule has 0 saturated carbocycles. The lowest BCUT2D eigenvalue weighted by Crippen LogP contribution is -2.48. The molecule has 0 aliphatic carbocycles. The van der Waals surface area contributed by atoms with Gasteiger partial charge in [-0.05, 0) is 18.6 Å². The summed E-state index contributed by atoms with van der Waals surface area (Å²) in [7, 11) is -1.89. The van der Waals surface area contributed by atoms with Crippen molar-refractivity contribution in [3.8, 4) is 0 Å². The minimum absolute atomic E-state index is 0.0112. The molecule has 10 heteroatoms. The molecule has 1 aliphatic heterocycles. The van der Waals surface area contributed by atoms with E-state index in [-0.39, 0.29) is 31.1 Å². The number of hydrogen-bond acceptors (Lipinski definition) is 5. The van der Waals surface area contributed by atoms with Crippen LogP contribution in [0, 0.1) is 11.6 Å². The average molecular weight is 376 g/mol. The van der Waals surface area contributed by atoms with Crippen molar-refractivity contribution < 1.29 is 31.5 Å². The van der Waals surface area contributed by atoms with Crippen LogP contribution in [0.1, 0.15) is 6.42 Å². The molecule has 25 heavy (non-hydrogen) atoms. The third kappa shape index (κ3) is 4.73. The van der Waals surface area contributed by atoms with E-state index >= 15 is 0 Å². The highest BCUT2D eigenvalue weighted by Gasteiger charge is 2.36. The molecule has 1 aromatic rings. The first-order valence-electron chi connectivity index (χ1n) is 7.50. The van der Waals surface area contributed by atoms with E-state index < -0.39 is 45.0 Å². The zero-order valence-electron chi connectivity index (χ0n) is 13.5. The maximum absolute atomic E-state index is 13.6. The minimum atomic E-state index is -3.28. The first kappa shape index (κ1) is 19.3. The molecule has 7 nitrogen and oxygen atoms in total. The molecule has 0 aromatic heterocycles. The van der Waals surface area contributed by atoms with E-state index in [9.17, 15) is 26.8 Å². The third-order valence-electron chi connectivity index (χ3n) is 3.84. The number of benzene rings is 1. The molecule has 0 spiro atoms. The second-order valence-corrected chi connectivity index (χ2v) is 7.83. The van der Waals surface area contributed by atoms with Crippen molar-refractivity contribution in [2.45, 2.75) is 12.5 Å². The van der Waals surface area contributed by atoms with Crippen molar-refractivity contribution in [1.82, 2.24) is 4.90 Å². The fraction of sp³-hybridized carbons (Fsp3) is 0.467. The van der Waals surface area contributed by atoms with E-state index in [1.165, 1.54) is 7.11 Å². The zero-order chi connectivity index (χ0) is 18.6. The Balaban J connectivity index is 2.16. The molecule has 1 unspecified atom stereocenters. The van der Waals surface area contributed by atoms with Crippen molar-refractivity contribution in [1.29, 1.82) is 0 Å². The Morgan fingerprint density at radius 1 is 1.32 bits per heavy atom. The lowest BCUT2D eigenvalue weighted by molar-refractivity contribution is -0.145. The highest BCUT2D eigenvalue weighted by molar-refractivity contribution is 7.91. The number of amides is 2. The van der Waals surface area contributed by atoms with Gasteiger partial charge in [-0.15, -0.1) is 0 Å². The Bertz CT molecular complexity index is 749. The van der Waals surface area contributed by atoms with Crippen LogP contribution in [0.2, 0.25) is 0 Å². The van der Waals surface area contributed by atoms with Gasteiger partial charge in [0.2, 0.25) is 0 Å². The molecular formula is C15H18F2N2O5S. The molecule has 1 heterocycles. The molecule has 1 fully saturated rings. The molecule has 138 valence electrons. The lowest BCUT2D eigenvalue weighted by Gasteiger charge is -2.27. The van der Waals surface area contributed by atoms with E-state index in [4.69, 9.17) is 4.74 Å². The van der Waals surface area contributed by atoms with Gasteiger partial charge in [-0.1, -0.05) is 6.07 Å². The number of carbonyl (C=O) groups excluding carboxylic acids is 2. The van der Waals surface area contributed by atoms with Crippen LogP contribution < -0.4 is 5.32 Å². The van der Waals surface area contributed by atoms with Crippen LogP contribution >= 0.6 is 0 Å². The Morgan fingerprint density at radius 2 is 1.96 bits per heavy atom. The summed E-state index contributed by atoms with van der Waals surface area (Å²) < 4.78 is 55.3. The number of anilines is 1. The van der Waals surface area contributed by atoms with E-state index in [0.29, 0.717) is 0 Å². The highest BCUT2D eigenvalue weighted by atomic mass is 32.2. The van der Waals surface area contributed by atoms with Gasteiger partial charge in [0.15, 0.2) is 9.84 Å². The summed E-state index contributed by atoms with van der Waals surface area (Å²) >= 11 is 0. The van der Waals surface area contributed by atoms with Crippen LogP contribution in [-0.2, 0) is 24.2 Å². The topological polar surface area (TPSA) is 92.8 Å². The third-order valence-corrected chi connectivity index (χ3v) is 5.59. The van der Waals surface area contributed by atoms with Gasteiger partial charge in [-0.3, -0.25) is 9.59 Å². The summed E-state index contributed by atoms with van der Waals surface area (Å²) in [5, 5.41) is 1.91. The zero-order valence-corrected chi connectivity index (χ0v) is 14.3. The van der Waals surface area contributed by atoms with Gasteiger partial charge in [0, 0.05) is 19.7 Å². The number of sulfone groups is 1. The number of halogens is 2. The summed E-state index contributed by atoms with van der Waals surface area (Å²) in [5.74, 6) is -4.70. The van der Waals surface area contributed by atoms with Gasteiger partial charge < -0.3 is 15.0 Å². The minimum Gasteiger partial charge on any atom is -0.383 e. The molecule has 0 bridgehead atoms. The molecule has 0 radical (unpaired) electrons. The van der Waals surface area contributed by atoms with Gasteiger partial charge in [0.25, 0.3) is 0 Å². The van der Waals surface area contributed by atoms with E-state index in [1.807, 2.05) is 5.32 Å². The van der Waals surface area contributed by atoms with E-state index in [1.54, 1.807) is 0 Å². The summed E-state index contributed by atoms with van der Waals surface area (Å²) in [6.07, 6.45) is 0.194. The predicted molar refractivity (Wildman–Crippen MR) is 85.6 cm³/mol. The van der Waals surface area contributed by atoms with Crippen molar-refractivity contribution in [2.75, 3.05) is 37.1 Å². The molecule has 1 aliphatic rings. The predicted octanol–water partition coefficient (Wildman–Crippen LogP) is 0.565. The number of nitrogens with one attached hydrogen (secondary N) is 1. The standard InChI is InChI=1S/C15H18F2N2O5S/c1-24-7-6-19(10-5-8-25(22,23)9-10)15(21)14(20)18-13-11(16)3-2-4-12(13)17/h2-4,10H,5-9H2,1H3,(H,18,20). The highest BCUT2D eigenvalue weighted by Crippen LogP contribution is 2.20. The SMILES string of the molecule is COCCN(C(=O)C(=O)Nc1c(F)cccc1F)C1CCS(=O)(=O)C1. The molecule has 1 saturated heterocycles. The van der Waals surface area contributed by atoms with Gasteiger partial charge in [0.05, 0.1) is 18.1 Å². The van der Waals surface area contributed by atoms with Gasteiger partial charge in [-0.2, -0.15) is 0 Å². The van der Waals surface area contributed by atoms with Crippen LogP contribution in [-0.4, -0.2) is 62.9 Å². The van der Waals surface area contributed by atoms with Crippen LogP contribution in [0.5, 0.6) is 0 Å². The van der Waals surface area contributed by atoms with E-state index in [2.05, 4.69) is 0 Å². The summed E-state index contributed by atoms with van der Waals surface area (Å²) in [6.45, 7) is 0.0757. The van der Waals surface area contributed by atoms with Crippen molar-refractivity contribution in [2.24, 2.45) is 0 Å². The van der Waals surface area contributed by atoms with Crippen LogP contribution in [0.15, 0.2) is 18.2 Å². The fourth-order valence-corrected chi connectivity index (χ4v) is 4.31. The Hall–Kier alpha value is -2.07. The summed E-state index contributed by atoms with van der Waals surface area (Å²) in [6, 6.07) is 2.32. The average Bonchev–Trinajstić information content (AvgIpc) is 2.91. The number of methoxy groups -OCH3 is 1. The molecule has 1 aromatic carbocycles. The van der Waals surface area contributed by atoms with Crippen LogP contribution in [0.3, 0.4) is 0 Å². The molecule has 1 N–H and O–H groups in total. The van der Waals surface area contributed by atoms with E-state index in [0.717, 1.165) is 23.1 Å². The van der Waals surface area contributed by atoms with Gasteiger partial charge >= 0.3 is 11.8 Å².